The number of allylic oxidation sites excluding steroid dienone is 10. The lowest BCUT2D eigenvalue weighted by atomic mass is 10.1. The molecule has 19 heteroatoms. The molecule has 0 saturated heterocycles. The Hall–Kier alpha value is -3.24. The molecule has 0 heterocycles. The van der Waals surface area contributed by atoms with Crippen molar-refractivity contribution in [2.24, 2.45) is 0 Å². The van der Waals surface area contributed by atoms with Crippen molar-refractivity contribution in [3.8, 4) is 0 Å². The fourth-order valence-corrected chi connectivity index (χ4v) is 12.8. The number of phosphoric ester groups is 2. The van der Waals surface area contributed by atoms with Crippen LogP contribution in [0.5, 0.6) is 0 Å². The van der Waals surface area contributed by atoms with Crippen LogP contribution in [0.2, 0.25) is 0 Å². The van der Waals surface area contributed by atoms with Gasteiger partial charge in [-0.25, -0.2) is 9.13 Å². The zero-order valence-electron chi connectivity index (χ0n) is 63.9. The summed E-state index contributed by atoms with van der Waals surface area (Å²) in [6.07, 6.45) is 73.3. The van der Waals surface area contributed by atoms with E-state index in [2.05, 4.69) is 88.5 Å². The summed E-state index contributed by atoms with van der Waals surface area (Å²) in [6, 6.07) is 0. The Kier molecular flexibility index (Phi) is 71.6. The molecule has 0 spiro atoms. The summed E-state index contributed by atoms with van der Waals surface area (Å²) in [7, 11) is -9.95. The second kappa shape index (κ2) is 74.0. The van der Waals surface area contributed by atoms with Crippen LogP contribution in [0.3, 0.4) is 0 Å². The molecular formula is C81H148O17P2. The predicted molar refractivity (Wildman–Crippen MR) is 409 cm³/mol. The zero-order valence-corrected chi connectivity index (χ0v) is 65.7. The normalized spacial score (nSPS) is 14.2. The second-order valence-corrected chi connectivity index (χ2v) is 30.3. The van der Waals surface area contributed by atoms with Crippen molar-refractivity contribution in [3.05, 3.63) is 60.8 Å². The van der Waals surface area contributed by atoms with Crippen LogP contribution < -0.4 is 0 Å². The van der Waals surface area contributed by atoms with Crippen molar-refractivity contribution in [2.45, 2.75) is 393 Å². The molecule has 584 valence electrons. The van der Waals surface area contributed by atoms with E-state index in [0.29, 0.717) is 25.7 Å². The number of rotatable bonds is 77. The molecule has 0 aliphatic rings. The number of aliphatic hydroxyl groups excluding tert-OH is 1. The molecule has 0 bridgehead atoms. The largest absolute Gasteiger partial charge is 0.472 e. The average molecular weight is 1460 g/mol. The Balaban J connectivity index is 5.35. The maximum atomic E-state index is 13.1. The quantitative estimate of drug-likeness (QED) is 0.0169. The van der Waals surface area contributed by atoms with E-state index in [1.165, 1.54) is 122 Å². The van der Waals surface area contributed by atoms with Crippen molar-refractivity contribution in [1.82, 2.24) is 0 Å². The molecule has 5 atom stereocenters. The van der Waals surface area contributed by atoms with E-state index in [0.717, 1.165) is 173 Å². The molecule has 17 nitrogen and oxygen atoms in total. The van der Waals surface area contributed by atoms with Gasteiger partial charge in [-0.2, -0.15) is 0 Å². The van der Waals surface area contributed by atoms with Gasteiger partial charge in [0, 0.05) is 25.7 Å². The number of phosphoric acid groups is 2. The van der Waals surface area contributed by atoms with E-state index in [9.17, 15) is 43.2 Å². The van der Waals surface area contributed by atoms with Crippen LogP contribution in [0.15, 0.2) is 60.8 Å². The summed E-state index contributed by atoms with van der Waals surface area (Å²) in [5.74, 6) is -2.18. The Morgan fingerprint density at radius 1 is 0.280 bits per heavy atom. The fourth-order valence-electron chi connectivity index (χ4n) is 11.2. The Labute approximate surface area is 610 Å². The molecule has 0 aromatic heterocycles. The maximum absolute atomic E-state index is 13.1. The van der Waals surface area contributed by atoms with Gasteiger partial charge in [-0.1, -0.05) is 275 Å². The van der Waals surface area contributed by atoms with Crippen molar-refractivity contribution in [3.63, 3.8) is 0 Å². The van der Waals surface area contributed by atoms with Gasteiger partial charge >= 0.3 is 39.5 Å². The zero-order chi connectivity index (χ0) is 73.2. The van der Waals surface area contributed by atoms with Crippen LogP contribution in [0.25, 0.3) is 0 Å². The minimum Gasteiger partial charge on any atom is -0.462 e. The fraction of sp³-hybridized carbons (Fsp3) is 0.827. The van der Waals surface area contributed by atoms with E-state index in [-0.39, 0.29) is 25.7 Å². The molecule has 0 rings (SSSR count). The molecule has 0 aliphatic carbocycles. The van der Waals surface area contributed by atoms with E-state index < -0.39 is 97.5 Å². The highest BCUT2D eigenvalue weighted by Crippen LogP contribution is 2.45. The Morgan fingerprint density at radius 3 is 0.780 bits per heavy atom. The Bertz CT molecular complexity index is 2130. The first-order valence-electron chi connectivity index (χ1n) is 40.5. The first kappa shape index (κ1) is 96.8. The van der Waals surface area contributed by atoms with Crippen molar-refractivity contribution in [1.29, 1.82) is 0 Å². The molecule has 0 radical (unpaired) electrons. The van der Waals surface area contributed by atoms with Gasteiger partial charge in [0.05, 0.1) is 26.4 Å². The van der Waals surface area contributed by atoms with Crippen LogP contribution in [0, 0.1) is 0 Å². The molecule has 100 heavy (non-hydrogen) atoms. The standard InChI is InChI=1S/C81H148O17P2/c1-5-9-13-17-21-25-29-33-37-41-45-49-53-57-61-65-78(83)91-71-76(97-80(85)67-63-59-55-51-47-43-39-35-31-27-23-19-15-11-7-3)73-95-99(87,88)93-69-75(82)70-94-100(89,90)96-74-77(98-81(86)68-64-60-56-52-48-44-40-36-32-28-24-20-16-12-8-4)72-92-79(84)66-62-58-54-50-46-42-38-34-30-26-22-18-14-10-6-2/h21,25-26,28,30,32-33,35,37,39,75-77,82H,5-20,22-24,27,29,31,34,36,38,40-74H2,1-4H3,(H,87,88)(H,89,90)/b25-21-,30-26-,32-28-,37-33-,39-35-/t75-,76-,77-/m1/s1. The first-order chi connectivity index (χ1) is 48.7. The Morgan fingerprint density at radius 2 is 0.490 bits per heavy atom. The maximum Gasteiger partial charge on any atom is 0.472 e. The van der Waals surface area contributed by atoms with E-state index in [1.807, 2.05) is 0 Å². The van der Waals surface area contributed by atoms with Gasteiger partial charge in [0.1, 0.15) is 19.3 Å². The molecule has 0 amide bonds. The smallest absolute Gasteiger partial charge is 0.462 e. The molecule has 0 saturated carbocycles. The number of carbonyl (C=O) groups is 4. The molecule has 0 aromatic rings. The van der Waals surface area contributed by atoms with Crippen molar-refractivity contribution < 1.29 is 80.2 Å². The van der Waals surface area contributed by atoms with Gasteiger partial charge in [-0.3, -0.25) is 37.3 Å². The molecule has 3 N–H and O–H groups in total. The van der Waals surface area contributed by atoms with Crippen LogP contribution in [0.1, 0.15) is 374 Å². The second-order valence-electron chi connectivity index (χ2n) is 27.3. The summed E-state index contributed by atoms with van der Waals surface area (Å²) in [5.41, 5.74) is 0. The molecule has 0 aromatic carbocycles. The van der Waals surface area contributed by atoms with Gasteiger partial charge in [-0.05, 0) is 135 Å². The lowest BCUT2D eigenvalue weighted by Crippen LogP contribution is -2.30. The van der Waals surface area contributed by atoms with Gasteiger partial charge in [-0.15, -0.1) is 0 Å². The van der Waals surface area contributed by atoms with E-state index in [1.54, 1.807) is 0 Å². The summed E-state index contributed by atoms with van der Waals surface area (Å²) < 4.78 is 68.6. The first-order valence-corrected chi connectivity index (χ1v) is 43.5. The number of hydrogen-bond acceptors (Lipinski definition) is 15. The highest BCUT2D eigenvalue weighted by Gasteiger charge is 2.30. The van der Waals surface area contributed by atoms with Crippen LogP contribution in [-0.2, 0) is 65.4 Å². The van der Waals surface area contributed by atoms with Crippen LogP contribution in [0.4, 0.5) is 0 Å². The van der Waals surface area contributed by atoms with Gasteiger partial charge in [0.2, 0.25) is 0 Å². The molecule has 2 unspecified atom stereocenters. The lowest BCUT2D eigenvalue weighted by Gasteiger charge is -2.21. The average Bonchev–Trinajstić information content (AvgIpc) is 1.01. The summed E-state index contributed by atoms with van der Waals surface area (Å²) >= 11 is 0. The molecular weight excluding hydrogens is 1310 g/mol. The minimum atomic E-state index is -4.98. The summed E-state index contributed by atoms with van der Waals surface area (Å²) in [4.78, 5) is 73.0. The van der Waals surface area contributed by atoms with Crippen LogP contribution >= 0.6 is 15.6 Å². The third-order valence-electron chi connectivity index (χ3n) is 17.4. The van der Waals surface area contributed by atoms with Gasteiger partial charge < -0.3 is 33.8 Å². The minimum absolute atomic E-state index is 0.0858. The van der Waals surface area contributed by atoms with Crippen LogP contribution in [-0.4, -0.2) is 96.7 Å². The van der Waals surface area contributed by atoms with Crippen molar-refractivity contribution >= 4 is 39.5 Å². The molecule has 0 aliphatic heterocycles. The topological polar surface area (TPSA) is 237 Å². The third kappa shape index (κ3) is 73.1. The van der Waals surface area contributed by atoms with Gasteiger partial charge in [0.25, 0.3) is 0 Å². The van der Waals surface area contributed by atoms with Gasteiger partial charge in [0.15, 0.2) is 12.2 Å². The highest BCUT2D eigenvalue weighted by atomic mass is 31.2. The number of unbranched alkanes of at least 4 members (excludes halogenated alkanes) is 41. The number of esters is 4. The molecule has 0 fully saturated rings. The summed E-state index contributed by atoms with van der Waals surface area (Å²) in [5, 5.41) is 10.6. The monoisotopic (exact) mass is 1460 g/mol. The lowest BCUT2D eigenvalue weighted by molar-refractivity contribution is -0.161. The number of aliphatic hydroxyl groups is 1. The number of carbonyl (C=O) groups excluding carboxylic acids is 4. The number of ether oxygens (including phenoxy) is 4. The van der Waals surface area contributed by atoms with E-state index >= 15 is 0 Å². The SMILES string of the molecule is CCCCC/C=C\C/C=C\CCCCCCCC(=O)OC[C@H](COP(=O)(O)OC[C@@H](O)COP(=O)(O)OC[C@@H](COC(=O)CCCCCCCCC/C=C\CCCCCC)OC(=O)CCCCCCCCC/C=C\CCCCCC)OC(=O)CCCCCCC/C=C\CCCCCCCC. The summed E-state index contributed by atoms with van der Waals surface area (Å²) in [6.45, 7) is 4.86. The predicted octanol–water partition coefficient (Wildman–Crippen LogP) is 23.5. The highest BCUT2D eigenvalue weighted by molar-refractivity contribution is 7.47. The number of hydrogen-bond donors (Lipinski definition) is 3. The third-order valence-corrected chi connectivity index (χ3v) is 19.3. The van der Waals surface area contributed by atoms with E-state index in [4.69, 9.17) is 37.0 Å². The van der Waals surface area contributed by atoms with Crippen molar-refractivity contribution in [2.75, 3.05) is 39.6 Å².